The molecule has 1 amide bonds. The molecule has 170 valence electrons. The van der Waals surface area contributed by atoms with Crippen LogP contribution in [0.15, 0.2) is 41.3 Å². The predicted octanol–water partition coefficient (Wildman–Crippen LogP) is 3.88. The summed E-state index contributed by atoms with van der Waals surface area (Å²) in [5.74, 6) is 0.156. The molecule has 0 saturated carbocycles. The molecular weight excluding hydrogens is 428 g/mol. The zero-order valence-corrected chi connectivity index (χ0v) is 19.2. The summed E-state index contributed by atoms with van der Waals surface area (Å²) in [5.41, 5.74) is 2.99. The summed E-state index contributed by atoms with van der Waals surface area (Å²) in [5, 5.41) is 2.69. The van der Waals surface area contributed by atoms with Crippen molar-refractivity contribution in [3.05, 3.63) is 53.1 Å². The number of carbonyl (C=O) groups excluding carboxylic acids is 2. The van der Waals surface area contributed by atoms with E-state index in [1.165, 1.54) is 10.4 Å². The highest BCUT2D eigenvalue weighted by Gasteiger charge is 2.31. The third-order valence-corrected chi connectivity index (χ3v) is 8.01. The second kappa shape index (κ2) is 9.03. The van der Waals surface area contributed by atoms with Crippen LogP contribution in [0.5, 0.6) is 5.75 Å². The second-order valence-corrected chi connectivity index (χ2v) is 10.5. The minimum absolute atomic E-state index is 0.0298. The lowest BCUT2D eigenvalue weighted by Gasteiger charge is -2.26. The molecule has 2 aromatic rings. The predicted molar refractivity (Wildman–Crippen MR) is 122 cm³/mol. The molecule has 1 heterocycles. The number of benzene rings is 2. The van der Waals surface area contributed by atoms with Crippen LogP contribution in [0.4, 0.5) is 5.69 Å². The minimum atomic E-state index is -3.58. The van der Waals surface area contributed by atoms with Crippen molar-refractivity contribution in [3.63, 3.8) is 0 Å². The van der Waals surface area contributed by atoms with E-state index in [0.717, 1.165) is 30.4 Å². The largest absolute Gasteiger partial charge is 0.483 e. The molecule has 0 aromatic heterocycles. The van der Waals surface area contributed by atoms with Crippen LogP contribution in [-0.2, 0) is 14.8 Å². The first-order valence-electron chi connectivity index (χ1n) is 11.0. The molecule has 0 radical (unpaired) electrons. The molecule has 2 aromatic carbocycles. The first-order chi connectivity index (χ1) is 15.3. The Balaban J connectivity index is 1.44. The van der Waals surface area contributed by atoms with Gasteiger partial charge in [0.05, 0.1) is 10.5 Å². The number of carbonyl (C=O) groups is 2. The smallest absolute Gasteiger partial charge is 0.262 e. The highest BCUT2D eigenvalue weighted by molar-refractivity contribution is 7.89. The van der Waals surface area contributed by atoms with Gasteiger partial charge < -0.3 is 10.1 Å². The number of anilines is 1. The Bertz CT molecular complexity index is 1150. The molecule has 1 fully saturated rings. The number of nitrogens with zero attached hydrogens (tertiary/aromatic N) is 1. The molecule has 1 aliphatic heterocycles. The fourth-order valence-electron chi connectivity index (χ4n) is 4.56. The Morgan fingerprint density at radius 1 is 1.16 bits per heavy atom. The van der Waals surface area contributed by atoms with Gasteiger partial charge in [-0.1, -0.05) is 25.5 Å². The van der Waals surface area contributed by atoms with Gasteiger partial charge in [0.1, 0.15) is 5.75 Å². The summed E-state index contributed by atoms with van der Waals surface area (Å²) in [6.07, 6.45) is 3.20. The molecular formula is C24H28N2O5S. The third kappa shape index (κ3) is 4.42. The van der Waals surface area contributed by atoms with E-state index in [-0.39, 0.29) is 23.2 Å². The van der Waals surface area contributed by atoms with Crippen LogP contribution in [0.1, 0.15) is 60.0 Å². The maximum atomic E-state index is 12.9. The lowest BCUT2D eigenvalue weighted by Crippen LogP contribution is -2.35. The maximum Gasteiger partial charge on any atom is 0.262 e. The van der Waals surface area contributed by atoms with Crippen molar-refractivity contribution in [2.45, 2.75) is 50.3 Å². The highest BCUT2D eigenvalue weighted by atomic mass is 32.2. The molecule has 2 aliphatic rings. The fraction of sp³-hybridized carbons (Fsp3) is 0.417. The molecule has 7 nitrogen and oxygen atoms in total. The Labute approximate surface area is 188 Å². The van der Waals surface area contributed by atoms with Crippen molar-refractivity contribution < 1.29 is 22.7 Å². The first-order valence-corrected chi connectivity index (χ1v) is 12.4. The van der Waals surface area contributed by atoms with Crippen LogP contribution in [0, 0.1) is 6.92 Å². The van der Waals surface area contributed by atoms with Crippen LogP contribution in [0.3, 0.4) is 0 Å². The van der Waals surface area contributed by atoms with Gasteiger partial charge in [-0.2, -0.15) is 4.31 Å². The summed E-state index contributed by atoms with van der Waals surface area (Å²) < 4.78 is 33.0. The van der Waals surface area contributed by atoms with Crippen LogP contribution in [-0.4, -0.2) is 44.1 Å². The average Bonchev–Trinajstić information content (AvgIpc) is 3.09. The third-order valence-electron chi connectivity index (χ3n) is 6.12. The number of fused-ring (bicyclic) bond motifs is 1. The van der Waals surface area contributed by atoms with Crippen molar-refractivity contribution in [2.75, 3.05) is 25.0 Å². The van der Waals surface area contributed by atoms with E-state index in [1.807, 2.05) is 19.9 Å². The SMILES string of the molecule is Cc1ccc(OCC(=O)Nc2cccc(S(=O)(=O)N3CCCCC3)c2)c2c1[C@@H](C)CC2=O. The molecule has 4 rings (SSSR count). The van der Waals surface area contributed by atoms with E-state index in [0.29, 0.717) is 36.5 Å². The molecule has 1 N–H and O–H groups in total. The van der Waals surface area contributed by atoms with Gasteiger partial charge in [-0.15, -0.1) is 0 Å². The maximum absolute atomic E-state index is 12.9. The van der Waals surface area contributed by atoms with E-state index < -0.39 is 15.9 Å². The number of rotatable bonds is 6. The molecule has 8 heteroatoms. The van der Waals surface area contributed by atoms with E-state index in [9.17, 15) is 18.0 Å². The number of sulfonamides is 1. The number of Topliss-reactive ketones (excluding diaryl/α,β-unsaturated/α-hetero) is 1. The summed E-state index contributed by atoms with van der Waals surface area (Å²) in [6, 6.07) is 9.89. The van der Waals surface area contributed by atoms with Gasteiger partial charge in [0.25, 0.3) is 5.91 Å². The van der Waals surface area contributed by atoms with Crippen LogP contribution in [0.25, 0.3) is 0 Å². The van der Waals surface area contributed by atoms with Crippen molar-refractivity contribution in [3.8, 4) is 5.75 Å². The van der Waals surface area contributed by atoms with E-state index in [4.69, 9.17) is 4.74 Å². The average molecular weight is 457 g/mol. The standard InChI is InChI=1S/C24H28N2O5S/c1-16-9-10-21(24-20(27)13-17(2)23(16)24)31-15-22(28)25-18-7-6-8-19(14-18)32(29,30)26-11-4-3-5-12-26/h6-10,14,17H,3-5,11-13,15H2,1-2H3,(H,25,28)/t17-/m0/s1. The number of piperidine rings is 1. The van der Waals surface area contributed by atoms with E-state index in [1.54, 1.807) is 24.3 Å². The summed E-state index contributed by atoms with van der Waals surface area (Å²) in [6.45, 7) is 4.74. The molecule has 0 bridgehead atoms. The van der Waals surface area contributed by atoms with Crippen molar-refractivity contribution in [2.24, 2.45) is 0 Å². The molecule has 0 spiro atoms. The van der Waals surface area contributed by atoms with E-state index >= 15 is 0 Å². The summed E-state index contributed by atoms with van der Waals surface area (Å²) in [4.78, 5) is 25.0. The Morgan fingerprint density at radius 2 is 1.91 bits per heavy atom. The lowest BCUT2D eigenvalue weighted by molar-refractivity contribution is -0.118. The number of aryl methyl sites for hydroxylation is 1. The number of amides is 1. The lowest BCUT2D eigenvalue weighted by atomic mass is 9.97. The van der Waals surface area contributed by atoms with Gasteiger partial charge in [-0.3, -0.25) is 9.59 Å². The molecule has 1 atom stereocenters. The minimum Gasteiger partial charge on any atom is -0.483 e. The van der Waals surface area contributed by atoms with Gasteiger partial charge in [-0.25, -0.2) is 8.42 Å². The highest BCUT2D eigenvalue weighted by Crippen LogP contribution is 2.40. The van der Waals surface area contributed by atoms with Gasteiger partial charge >= 0.3 is 0 Å². The number of nitrogens with one attached hydrogen (secondary N) is 1. The monoisotopic (exact) mass is 456 g/mol. The quantitative estimate of drug-likeness (QED) is 0.712. The molecule has 0 unspecified atom stereocenters. The topological polar surface area (TPSA) is 92.8 Å². The Morgan fingerprint density at radius 3 is 2.66 bits per heavy atom. The second-order valence-electron chi connectivity index (χ2n) is 8.53. The van der Waals surface area contributed by atoms with Crippen molar-refractivity contribution in [1.82, 2.24) is 4.31 Å². The van der Waals surface area contributed by atoms with Crippen molar-refractivity contribution >= 4 is 27.4 Å². The number of hydrogen-bond acceptors (Lipinski definition) is 5. The number of hydrogen-bond donors (Lipinski definition) is 1. The number of ketones is 1. The summed E-state index contributed by atoms with van der Waals surface area (Å²) >= 11 is 0. The van der Waals surface area contributed by atoms with Crippen LogP contribution in [0.2, 0.25) is 0 Å². The zero-order valence-electron chi connectivity index (χ0n) is 18.4. The summed E-state index contributed by atoms with van der Waals surface area (Å²) in [7, 11) is -3.58. The Kier molecular flexibility index (Phi) is 6.35. The van der Waals surface area contributed by atoms with Gasteiger partial charge in [0, 0.05) is 25.2 Å². The number of ether oxygens (including phenoxy) is 1. The van der Waals surface area contributed by atoms with Crippen LogP contribution >= 0.6 is 0 Å². The van der Waals surface area contributed by atoms with Gasteiger partial charge in [0.15, 0.2) is 12.4 Å². The first kappa shape index (κ1) is 22.5. The molecule has 1 aliphatic carbocycles. The van der Waals surface area contributed by atoms with Gasteiger partial charge in [-0.05, 0) is 61.1 Å². The Hall–Kier alpha value is -2.71. The van der Waals surface area contributed by atoms with Crippen LogP contribution < -0.4 is 10.1 Å². The van der Waals surface area contributed by atoms with E-state index in [2.05, 4.69) is 5.32 Å². The molecule has 1 saturated heterocycles. The fourth-order valence-corrected chi connectivity index (χ4v) is 6.12. The van der Waals surface area contributed by atoms with Gasteiger partial charge in [0.2, 0.25) is 10.0 Å². The zero-order chi connectivity index (χ0) is 22.9. The van der Waals surface area contributed by atoms with Crippen molar-refractivity contribution in [1.29, 1.82) is 0 Å². The normalized spacial score (nSPS) is 18.9. The molecule has 32 heavy (non-hydrogen) atoms.